The van der Waals surface area contributed by atoms with Crippen LogP contribution < -0.4 is 9.47 Å². The van der Waals surface area contributed by atoms with Gasteiger partial charge < -0.3 is 24.3 Å². The lowest BCUT2D eigenvalue weighted by molar-refractivity contribution is 0.0924. The number of aliphatic hydroxyl groups excluding tert-OH is 2. The van der Waals surface area contributed by atoms with Crippen LogP contribution in [0.4, 0.5) is 0 Å². The second-order valence-electron chi connectivity index (χ2n) is 8.26. The third-order valence-electron chi connectivity index (χ3n) is 5.32. The number of rotatable bonds is 11. The summed E-state index contributed by atoms with van der Waals surface area (Å²) in [5, 5.41) is 20.5. The molecule has 1 heterocycles. The van der Waals surface area contributed by atoms with Gasteiger partial charge in [-0.25, -0.2) is 4.98 Å². The van der Waals surface area contributed by atoms with E-state index >= 15 is 0 Å². The Morgan fingerprint density at radius 1 is 0.970 bits per heavy atom. The molecule has 0 unspecified atom stereocenters. The number of aliphatic hydroxyl groups is 2. The minimum Gasteiger partial charge on any atom is -0.491 e. The number of aromatic nitrogens is 2. The van der Waals surface area contributed by atoms with Crippen LogP contribution in [0, 0.1) is 0 Å². The van der Waals surface area contributed by atoms with Crippen molar-refractivity contribution in [3.63, 3.8) is 0 Å². The van der Waals surface area contributed by atoms with Crippen molar-refractivity contribution >= 4 is 34.8 Å². The first-order valence-corrected chi connectivity index (χ1v) is 11.7. The highest BCUT2D eigenvalue weighted by atomic mass is 35.5. The lowest BCUT2D eigenvalue weighted by Crippen LogP contribution is -2.23. The fraction of sp³-hybridized carbons (Fsp3) is 0.375. The van der Waals surface area contributed by atoms with E-state index in [2.05, 4.69) is 18.8 Å². The number of ether oxygens (including phenoxy) is 2. The molecular formula is C24H27Cl3N2O4. The Hall–Kier alpha value is -1.96. The third kappa shape index (κ3) is 6.78. The van der Waals surface area contributed by atoms with Crippen molar-refractivity contribution in [3.8, 4) is 11.5 Å². The first-order valence-electron chi connectivity index (χ1n) is 10.4. The number of hydrogen-bond acceptors (Lipinski definition) is 5. The second kappa shape index (κ2) is 11.4. The zero-order chi connectivity index (χ0) is 24.0. The predicted molar refractivity (Wildman–Crippen MR) is 131 cm³/mol. The molecule has 0 aliphatic carbocycles. The van der Waals surface area contributed by atoms with Gasteiger partial charge in [0.1, 0.15) is 31.2 Å². The van der Waals surface area contributed by atoms with Crippen LogP contribution in [0.5, 0.6) is 11.5 Å². The standard InChI is InChI=1S/C24H27Cl3N2O4/c1-24(2,17-9-21(26)23(22(27)10-17)33-13-18(30)11-25)16-3-5-20(6-4-16)32-14-19(31)12-29-8-7-28-15-29/h3-10,15,18-19,30-31H,11-14H2,1-2H3/t18-,19-/m1/s1. The van der Waals surface area contributed by atoms with E-state index in [1.165, 1.54) is 0 Å². The average molecular weight is 514 g/mol. The van der Waals surface area contributed by atoms with Gasteiger partial charge in [-0.2, -0.15) is 0 Å². The molecule has 3 rings (SSSR count). The fourth-order valence-electron chi connectivity index (χ4n) is 3.30. The van der Waals surface area contributed by atoms with E-state index in [-0.39, 0.29) is 19.1 Å². The minimum absolute atomic E-state index is 0.00413. The lowest BCUT2D eigenvalue weighted by Gasteiger charge is -2.27. The van der Waals surface area contributed by atoms with Crippen molar-refractivity contribution in [2.75, 3.05) is 19.1 Å². The van der Waals surface area contributed by atoms with Crippen molar-refractivity contribution in [2.45, 2.75) is 38.0 Å². The SMILES string of the molecule is CC(C)(c1ccc(OC[C@H](O)Cn2ccnc2)cc1)c1cc(Cl)c(OC[C@H](O)CCl)c(Cl)c1. The van der Waals surface area contributed by atoms with Gasteiger partial charge in [-0.3, -0.25) is 0 Å². The lowest BCUT2D eigenvalue weighted by atomic mass is 9.78. The number of hydrogen-bond donors (Lipinski definition) is 2. The molecular weight excluding hydrogens is 487 g/mol. The number of alkyl halides is 1. The summed E-state index contributed by atoms with van der Waals surface area (Å²) >= 11 is 18.5. The van der Waals surface area contributed by atoms with Crippen LogP contribution in [0.1, 0.15) is 25.0 Å². The molecule has 0 saturated carbocycles. The van der Waals surface area contributed by atoms with Crippen LogP contribution in [-0.2, 0) is 12.0 Å². The van der Waals surface area contributed by atoms with Crippen LogP contribution in [0.25, 0.3) is 0 Å². The van der Waals surface area contributed by atoms with Gasteiger partial charge in [-0.15, -0.1) is 11.6 Å². The van der Waals surface area contributed by atoms with Gasteiger partial charge in [0.2, 0.25) is 0 Å². The Morgan fingerprint density at radius 2 is 1.61 bits per heavy atom. The van der Waals surface area contributed by atoms with Crippen molar-refractivity contribution in [2.24, 2.45) is 0 Å². The largest absolute Gasteiger partial charge is 0.491 e. The Balaban J connectivity index is 1.67. The third-order valence-corrected chi connectivity index (χ3v) is 6.24. The summed E-state index contributed by atoms with van der Waals surface area (Å²) < 4.78 is 13.1. The molecule has 0 amide bonds. The summed E-state index contributed by atoms with van der Waals surface area (Å²) in [6, 6.07) is 11.3. The van der Waals surface area contributed by atoms with Gasteiger partial charge >= 0.3 is 0 Å². The molecule has 2 N–H and O–H groups in total. The molecule has 0 spiro atoms. The van der Waals surface area contributed by atoms with Crippen LogP contribution in [-0.4, -0.2) is 51.1 Å². The first kappa shape index (κ1) is 25.7. The molecule has 0 bridgehead atoms. The Kier molecular flexibility index (Phi) is 8.90. The summed E-state index contributed by atoms with van der Waals surface area (Å²) in [6.07, 6.45) is 3.66. The Bertz CT molecular complexity index is 1000. The average Bonchev–Trinajstić information content (AvgIpc) is 3.30. The molecule has 2 aromatic carbocycles. The van der Waals surface area contributed by atoms with E-state index in [9.17, 15) is 10.2 Å². The maximum Gasteiger partial charge on any atom is 0.156 e. The van der Waals surface area contributed by atoms with Gasteiger partial charge in [0, 0.05) is 17.8 Å². The van der Waals surface area contributed by atoms with Gasteiger partial charge in [-0.1, -0.05) is 49.2 Å². The van der Waals surface area contributed by atoms with Crippen molar-refractivity contribution in [1.82, 2.24) is 9.55 Å². The Labute approximate surface area is 208 Å². The van der Waals surface area contributed by atoms with Crippen LogP contribution in [0.2, 0.25) is 10.0 Å². The summed E-state index contributed by atoms with van der Waals surface area (Å²) in [7, 11) is 0. The summed E-state index contributed by atoms with van der Waals surface area (Å²) in [5.74, 6) is 1.04. The smallest absolute Gasteiger partial charge is 0.156 e. The molecule has 0 fully saturated rings. The molecule has 178 valence electrons. The van der Waals surface area contributed by atoms with E-state index in [0.717, 1.165) is 11.1 Å². The van der Waals surface area contributed by atoms with Gasteiger partial charge in [0.25, 0.3) is 0 Å². The zero-order valence-electron chi connectivity index (χ0n) is 18.4. The van der Waals surface area contributed by atoms with Crippen molar-refractivity contribution < 1.29 is 19.7 Å². The molecule has 1 aromatic heterocycles. The topological polar surface area (TPSA) is 76.7 Å². The summed E-state index contributed by atoms with van der Waals surface area (Å²) in [5.41, 5.74) is 1.54. The van der Waals surface area contributed by atoms with E-state index in [4.69, 9.17) is 44.3 Å². The molecule has 6 nitrogen and oxygen atoms in total. The molecule has 33 heavy (non-hydrogen) atoms. The highest BCUT2D eigenvalue weighted by Gasteiger charge is 2.26. The highest BCUT2D eigenvalue weighted by Crippen LogP contribution is 2.40. The van der Waals surface area contributed by atoms with Gasteiger partial charge in [-0.05, 0) is 35.4 Å². The summed E-state index contributed by atoms with van der Waals surface area (Å²) in [4.78, 5) is 3.96. The maximum absolute atomic E-state index is 10.1. The van der Waals surface area contributed by atoms with E-state index in [1.54, 1.807) is 23.3 Å². The molecule has 3 aromatic rings. The molecule has 0 aliphatic heterocycles. The molecule has 0 aliphatic rings. The predicted octanol–water partition coefficient (Wildman–Crippen LogP) is 4.93. The van der Waals surface area contributed by atoms with Gasteiger partial charge in [0.15, 0.2) is 5.75 Å². The Morgan fingerprint density at radius 3 is 2.18 bits per heavy atom. The monoisotopic (exact) mass is 512 g/mol. The zero-order valence-corrected chi connectivity index (χ0v) is 20.7. The highest BCUT2D eigenvalue weighted by molar-refractivity contribution is 6.37. The molecule has 0 saturated heterocycles. The normalized spacial score (nSPS) is 13.5. The molecule has 2 atom stereocenters. The van der Waals surface area contributed by atoms with Crippen LogP contribution >= 0.6 is 34.8 Å². The van der Waals surface area contributed by atoms with Crippen LogP contribution in [0.3, 0.4) is 0 Å². The fourth-order valence-corrected chi connectivity index (χ4v) is 3.99. The minimum atomic E-state index is -0.803. The van der Waals surface area contributed by atoms with Crippen molar-refractivity contribution in [1.29, 1.82) is 0 Å². The van der Waals surface area contributed by atoms with Gasteiger partial charge in [0.05, 0.1) is 28.8 Å². The summed E-state index contributed by atoms with van der Waals surface area (Å²) in [6.45, 7) is 4.72. The first-order chi connectivity index (χ1) is 15.7. The number of nitrogens with zero attached hydrogens (tertiary/aromatic N) is 2. The van der Waals surface area contributed by atoms with E-state index in [0.29, 0.717) is 28.1 Å². The molecule has 0 radical (unpaired) electrons. The number of benzene rings is 2. The van der Waals surface area contributed by atoms with E-state index < -0.39 is 17.6 Å². The van der Waals surface area contributed by atoms with E-state index in [1.807, 2.05) is 36.4 Å². The molecule has 9 heteroatoms. The second-order valence-corrected chi connectivity index (χ2v) is 9.38. The maximum atomic E-state index is 10.1. The van der Waals surface area contributed by atoms with Crippen LogP contribution in [0.15, 0.2) is 55.1 Å². The number of imidazole rings is 1. The quantitative estimate of drug-likeness (QED) is 0.355. The van der Waals surface area contributed by atoms with Crippen molar-refractivity contribution in [3.05, 3.63) is 76.3 Å². The number of halogens is 3.